The predicted molar refractivity (Wildman–Crippen MR) is 68.8 cm³/mol. The number of nitrogens with zero attached hydrogens (tertiary/aromatic N) is 2. The third-order valence-electron chi connectivity index (χ3n) is 3.04. The van der Waals surface area contributed by atoms with Crippen LogP contribution in [0, 0.1) is 6.92 Å². The predicted octanol–water partition coefficient (Wildman–Crippen LogP) is 3.82. The van der Waals surface area contributed by atoms with E-state index in [0.29, 0.717) is 5.57 Å². The number of rotatable bonds is 3. The Labute approximate surface area is 110 Å². The number of hydrogen-bond donors (Lipinski definition) is 0. The van der Waals surface area contributed by atoms with Gasteiger partial charge >= 0.3 is 6.18 Å². The number of hydrogen-bond acceptors (Lipinski definition) is 1. The quantitative estimate of drug-likeness (QED) is 0.796. The van der Waals surface area contributed by atoms with Crippen molar-refractivity contribution in [2.24, 2.45) is 5.10 Å². The molecule has 2 rings (SSSR count). The summed E-state index contributed by atoms with van der Waals surface area (Å²) in [6.07, 6.45) is -3.07. The van der Waals surface area contributed by atoms with Crippen LogP contribution in [0.1, 0.15) is 30.0 Å². The molecule has 1 aliphatic rings. The Kier molecular flexibility index (Phi) is 3.64. The molecule has 0 aliphatic carbocycles. The average molecular weight is 267 g/mol. The lowest BCUT2D eigenvalue weighted by molar-refractivity contribution is -0.120. The molecular weight excluding hydrogens is 253 g/mol. The Bertz CT molecular complexity index is 542. The van der Waals surface area contributed by atoms with Crippen molar-refractivity contribution in [3.63, 3.8) is 0 Å². The van der Waals surface area contributed by atoms with Crippen LogP contribution in [0.5, 0.6) is 0 Å². The van der Waals surface area contributed by atoms with E-state index in [9.17, 15) is 13.2 Å². The Morgan fingerprint density at radius 2 is 1.95 bits per heavy atom. The van der Waals surface area contributed by atoms with Gasteiger partial charge in [0, 0.05) is 5.57 Å². The summed E-state index contributed by atoms with van der Waals surface area (Å²) >= 11 is 0. The van der Waals surface area contributed by atoms with Gasteiger partial charge in [0.15, 0.2) is 0 Å². The van der Waals surface area contributed by atoms with Crippen LogP contribution in [0.15, 0.2) is 29.5 Å². The van der Waals surface area contributed by atoms with Crippen molar-refractivity contribution in [3.05, 3.63) is 41.1 Å². The van der Waals surface area contributed by atoms with Crippen LogP contribution < -0.4 is 5.43 Å². The fourth-order valence-electron chi connectivity index (χ4n) is 2.01. The van der Waals surface area contributed by atoms with Crippen molar-refractivity contribution >= 4 is 11.3 Å². The van der Waals surface area contributed by atoms with E-state index in [4.69, 9.17) is 0 Å². The molecule has 0 N–H and O–H groups in total. The molecule has 0 saturated heterocycles. The second-order valence-electron chi connectivity index (χ2n) is 4.50. The molecule has 0 bridgehead atoms. The number of aryl methyl sites for hydroxylation is 2. The van der Waals surface area contributed by atoms with Gasteiger partial charge in [-0.25, -0.2) is 0 Å². The zero-order chi connectivity index (χ0) is 14.0. The van der Waals surface area contributed by atoms with Gasteiger partial charge in [0.1, 0.15) is 0 Å². The highest BCUT2D eigenvalue weighted by Gasteiger charge is 2.33. The first-order valence-electron chi connectivity index (χ1n) is 6.04. The topological polar surface area (TPSA) is 26.5 Å². The maximum atomic E-state index is 12.5. The third-order valence-corrected chi connectivity index (χ3v) is 3.04. The number of benzene rings is 1. The summed E-state index contributed by atoms with van der Waals surface area (Å²) in [4.78, 5) is 0. The van der Waals surface area contributed by atoms with Crippen molar-refractivity contribution < 1.29 is 13.2 Å². The summed E-state index contributed by atoms with van der Waals surface area (Å²) in [6, 6.07) is 5.80. The molecule has 19 heavy (non-hydrogen) atoms. The van der Waals surface area contributed by atoms with Crippen molar-refractivity contribution in [2.45, 2.75) is 32.9 Å². The van der Waals surface area contributed by atoms with E-state index >= 15 is 0 Å². The van der Waals surface area contributed by atoms with Gasteiger partial charge in [0.25, 0.3) is 0 Å². The van der Waals surface area contributed by atoms with Crippen LogP contribution in [0.4, 0.5) is 13.2 Å². The van der Waals surface area contributed by atoms with Crippen LogP contribution in [-0.2, 0) is 6.42 Å². The molecule has 5 heteroatoms. The minimum absolute atomic E-state index is 0.0103. The summed E-state index contributed by atoms with van der Waals surface area (Å²) < 4.78 is 37.5. The van der Waals surface area contributed by atoms with E-state index in [1.807, 2.05) is 32.0 Å². The minimum atomic E-state index is -4.27. The van der Waals surface area contributed by atoms with Crippen molar-refractivity contribution in [1.29, 1.82) is 0 Å². The molecule has 0 fully saturated rings. The lowest BCUT2D eigenvalue weighted by atomic mass is 9.94. The van der Waals surface area contributed by atoms with Crippen molar-refractivity contribution in [2.75, 3.05) is 0 Å². The summed E-state index contributed by atoms with van der Waals surface area (Å²) in [5.74, 6) is 0. The fourth-order valence-corrected chi connectivity index (χ4v) is 2.01. The highest BCUT2D eigenvalue weighted by molar-refractivity contribution is 6.25. The van der Waals surface area contributed by atoms with E-state index < -0.39 is 12.6 Å². The number of halogens is 3. The van der Waals surface area contributed by atoms with Crippen LogP contribution in [0.25, 0.3) is 5.57 Å². The maximum absolute atomic E-state index is 12.5. The molecule has 0 spiro atoms. The zero-order valence-corrected chi connectivity index (χ0v) is 10.8. The second kappa shape index (κ2) is 5.07. The molecule has 1 aliphatic heterocycles. The highest BCUT2D eigenvalue weighted by Crippen LogP contribution is 2.30. The monoisotopic (exact) mass is 267 g/mol. The molecule has 0 atom stereocenters. The van der Waals surface area contributed by atoms with Crippen LogP contribution >= 0.6 is 0 Å². The first-order valence-corrected chi connectivity index (χ1v) is 6.04. The molecule has 101 valence electrons. The molecule has 0 amide bonds. The Morgan fingerprint density at radius 1 is 1.21 bits per heavy atom. The number of allylic oxidation sites excluding steroid dienone is 1. The SMILES string of the molecule is CCc1ccc(C)c(C2=C[N]N=C2CC(F)(F)F)c1. The van der Waals surface area contributed by atoms with E-state index in [2.05, 4.69) is 10.5 Å². The minimum Gasteiger partial charge on any atom is -0.171 e. The Balaban J connectivity index is 2.34. The summed E-state index contributed by atoms with van der Waals surface area (Å²) in [7, 11) is 0. The molecular formula is C14H14F3N2. The Hall–Kier alpha value is -1.78. The van der Waals surface area contributed by atoms with Gasteiger partial charge in [0.05, 0.1) is 18.3 Å². The first kappa shape index (κ1) is 13.6. The van der Waals surface area contributed by atoms with Gasteiger partial charge in [-0.1, -0.05) is 25.1 Å². The second-order valence-corrected chi connectivity index (χ2v) is 4.50. The third kappa shape index (κ3) is 3.16. The maximum Gasteiger partial charge on any atom is 0.394 e. The Morgan fingerprint density at radius 3 is 2.58 bits per heavy atom. The summed E-state index contributed by atoms with van der Waals surface area (Å²) in [6.45, 7) is 3.88. The molecule has 1 aromatic rings. The van der Waals surface area contributed by atoms with Crippen LogP contribution in [0.2, 0.25) is 0 Å². The smallest absolute Gasteiger partial charge is 0.171 e. The largest absolute Gasteiger partial charge is 0.394 e. The van der Waals surface area contributed by atoms with Gasteiger partial charge in [0.2, 0.25) is 0 Å². The molecule has 1 heterocycles. The zero-order valence-electron chi connectivity index (χ0n) is 10.8. The standard InChI is InChI=1S/C14H14F3N2/c1-3-10-5-4-9(2)11(6-10)12-8-18-19-13(12)7-14(15,16)17/h4-6,8H,3,7H2,1-2H3. The summed E-state index contributed by atoms with van der Waals surface area (Å²) in [5.41, 5.74) is 6.89. The van der Waals surface area contributed by atoms with Gasteiger partial charge in [-0.15, -0.1) is 0 Å². The van der Waals surface area contributed by atoms with E-state index in [-0.39, 0.29) is 5.71 Å². The molecule has 0 saturated carbocycles. The van der Waals surface area contributed by atoms with E-state index in [1.54, 1.807) is 0 Å². The molecule has 2 nitrogen and oxygen atoms in total. The average Bonchev–Trinajstić information content (AvgIpc) is 2.75. The summed E-state index contributed by atoms with van der Waals surface area (Å²) in [5, 5.41) is 3.60. The molecule has 1 radical (unpaired) electrons. The van der Waals surface area contributed by atoms with E-state index in [0.717, 1.165) is 23.1 Å². The fraction of sp³-hybridized carbons (Fsp3) is 0.357. The van der Waals surface area contributed by atoms with Crippen LogP contribution in [-0.4, -0.2) is 11.9 Å². The van der Waals surface area contributed by atoms with Crippen molar-refractivity contribution in [1.82, 2.24) is 5.43 Å². The van der Waals surface area contributed by atoms with Gasteiger partial charge in [-0.3, -0.25) is 0 Å². The molecule has 0 unspecified atom stereocenters. The van der Waals surface area contributed by atoms with Gasteiger partial charge < -0.3 is 0 Å². The van der Waals surface area contributed by atoms with Gasteiger partial charge in [-0.2, -0.15) is 23.7 Å². The first-order chi connectivity index (χ1) is 8.90. The molecule has 0 aromatic heterocycles. The molecule has 1 aromatic carbocycles. The van der Waals surface area contributed by atoms with E-state index in [1.165, 1.54) is 6.20 Å². The lowest BCUT2D eigenvalue weighted by Crippen LogP contribution is -2.15. The highest BCUT2D eigenvalue weighted by atomic mass is 19.4. The van der Waals surface area contributed by atoms with Gasteiger partial charge in [-0.05, 0) is 30.0 Å². The number of alkyl halides is 3. The lowest BCUT2D eigenvalue weighted by Gasteiger charge is -2.12. The van der Waals surface area contributed by atoms with Crippen LogP contribution in [0.3, 0.4) is 0 Å². The van der Waals surface area contributed by atoms with Crippen molar-refractivity contribution in [3.8, 4) is 0 Å². The normalized spacial score (nSPS) is 15.0.